The zero-order valence-electron chi connectivity index (χ0n) is 15.3. The molecule has 0 unspecified atom stereocenters. The second kappa shape index (κ2) is 10.4. The number of anilines is 1. The molecule has 2 N–H and O–H groups in total. The number of ether oxygens (including phenoxy) is 1. The second-order valence-electron chi connectivity index (χ2n) is 5.85. The van der Waals surface area contributed by atoms with E-state index in [-0.39, 0.29) is 18.4 Å². The van der Waals surface area contributed by atoms with Gasteiger partial charge in [0.2, 0.25) is 5.91 Å². The first-order valence-corrected chi connectivity index (χ1v) is 9.43. The van der Waals surface area contributed by atoms with Crippen LogP contribution in [0.2, 0.25) is 0 Å². The lowest BCUT2D eigenvalue weighted by atomic mass is 10.2. The Bertz CT molecular complexity index is 789. The number of esters is 1. The quantitative estimate of drug-likeness (QED) is 0.414. The number of rotatable bonds is 8. The summed E-state index contributed by atoms with van der Waals surface area (Å²) in [6.45, 7) is 3.59. The summed E-state index contributed by atoms with van der Waals surface area (Å²) >= 11 is 1.65. The number of thioether (sulfide) groups is 1. The van der Waals surface area contributed by atoms with Crippen LogP contribution in [0.5, 0.6) is 0 Å². The number of aryl methyl sites for hydroxylation is 1. The van der Waals surface area contributed by atoms with E-state index in [1.54, 1.807) is 23.9 Å². The molecule has 0 atom stereocenters. The predicted molar refractivity (Wildman–Crippen MR) is 106 cm³/mol. The maximum atomic E-state index is 11.9. The molecular weight excluding hydrogens is 364 g/mol. The Labute approximate surface area is 162 Å². The molecule has 0 fully saturated rings. The van der Waals surface area contributed by atoms with Gasteiger partial charge in [0.15, 0.2) is 6.61 Å². The molecular formula is C20H22N2O4S. The van der Waals surface area contributed by atoms with E-state index in [4.69, 9.17) is 4.74 Å². The van der Waals surface area contributed by atoms with Crippen LogP contribution in [0, 0.1) is 6.92 Å². The Hall–Kier alpha value is -2.80. The van der Waals surface area contributed by atoms with E-state index < -0.39 is 5.97 Å². The highest BCUT2D eigenvalue weighted by Crippen LogP contribution is 2.17. The summed E-state index contributed by atoms with van der Waals surface area (Å²) in [5, 5.41) is 5.32. The molecule has 0 radical (unpaired) electrons. The zero-order chi connectivity index (χ0) is 19.6. The molecule has 0 aliphatic heterocycles. The Morgan fingerprint density at radius 2 is 1.67 bits per heavy atom. The second-order valence-corrected chi connectivity index (χ2v) is 7.01. The number of nitrogens with one attached hydrogen (secondary N) is 2. The molecule has 2 rings (SSSR count). The van der Waals surface area contributed by atoms with Gasteiger partial charge in [-0.3, -0.25) is 9.59 Å². The van der Waals surface area contributed by atoms with Gasteiger partial charge in [-0.1, -0.05) is 17.7 Å². The van der Waals surface area contributed by atoms with Gasteiger partial charge in [0, 0.05) is 29.8 Å². The third kappa shape index (κ3) is 7.53. The van der Waals surface area contributed by atoms with Gasteiger partial charge in [-0.05, 0) is 43.3 Å². The van der Waals surface area contributed by atoms with E-state index in [1.807, 2.05) is 31.2 Å². The molecule has 2 amide bonds. The lowest BCUT2D eigenvalue weighted by Crippen LogP contribution is -2.30. The number of carbonyl (C=O) groups is 3. The van der Waals surface area contributed by atoms with Gasteiger partial charge >= 0.3 is 5.97 Å². The van der Waals surface area contributed by atoms with Crippen molar-refractivity contribution in [3.05, 3.63) is 59.7 Å². The first-order chi connectivity index (χ1) is 12.9. The van der Waals surface area contributed by atoms with Crippen LogP contribution >= 0.6 is 11.8 Å². The maximum absolute atomic E-state index is 11.9. The summed E-state index contributed by atoms with van der Waals surface area (Å²) in [7, 11) is 0. The highest BCUT2D eigenvalue weighted by Gasteiger charge is 2.10. The molecule has 0 aliphatic carbocycles. The summed E-state index contributed by atoms with van der Waals surface area (Å²) in [4.78, 5) is 35.8. The lowest BCUT2D eigenvalue weighted by Gasteiger charge is -2.07. The van der Waals surface area contributed by atoms with Crippen LogP contribution < -0.4 is 10.6 Å². The van der Waals surface area contributed by atoms with Crippen molar-refractivity contribution in [2.24, 2.45) is 0 Å². The molecule has 2 aromatic rings. The minimum atomic E-state index is -0.589. The summed E-state index contributed by atoms with van der Waals surface area (Å²) < 4.78 is 4.99. The molecule has 142 valence electrons. The largest absolute Gasteiger partial charge is 0.452 e. The highest BCUT2D eigenvalue weighted by atomic mass is 32.2. The van der Waals surface area contributed by atoms with Gasteiger partial charge in [0.1, 0.15) is 0 Å². The summed E-state index contributed by atoms with van der Waals surface area (Å²) in [6.07, 6.45) is 0. The average Bonchev–Trinajstić information content (AvgIpc) is 2.65. The van der Waals surface area contributed by atoms with Crippen LogP contribution in [0.15, 0.2) is 53.4 Å². The molecule has 0 aliphatic rings. The van der Waals surface area contributed by atoms with Gasteiger partial charge in [-0.2, -0.15) is 0 Å². The van der Waals surface area contributed by atoms with Crippen LogP contribution in [-0.2, 0) is 14.3 Å². The Kier molecular flexibility index (Phi) is 7.88. The molecule has 6 nitrogen and oxygen atoms in total. The number of amides is 2. The van der Waals surface area contributed by atoms with Crippen molar-refractivity contribution in [1.82, 2.24) is 5.32 Å². The van der Waals surface area contributed by atoms with Gasteiger partial charge in [-0.15, -0.1) is 11.8 Å². The lowest BCUT2D eigenvalue weighted by molar-refractivity contribution is -0.124. The van der Waals surface area contributed by atoms with E-state index in [1.165, 1.54) is 24.6 Å². The van der Waals surface area contributed by atoms with Crippen molar-refractivity contribution in [1.29, 1.82) is 0 Å². The third-order valence-electron chi connectivity index (χ3n) is 3.49. The van der Waals surface area contributed by atoms with E-state index in [2.05, 4.69) is 10.6 Å². The van der Waals surface area contributed by atoms with Gasteiger partial charge in [0.25, 0.3) is 5.91 Å². The first-order valence-electron chi connectivity index (χ1n) is 8.45. The number of benzene rings is 2. The highest BCUT2D eigenvalue weighted by molar-refractivity contribution is 7.99. The smallest absolute Gasteiger partial charge is 0.338 e. The molecule has 0 bridgehead atoms. The molecule has 0 aromatic heterocycles. The van der Waals surface area contributed by atoms with Crippen LogP contribution in [0.1, 0.15) is 22.8 Å². The normalized spacial score (nSPS) is 10.1. The van der Waals surface area contributed by atoms with Gasteiger partial charge < -0.3 is 15.4 Å². The summed E-state index contributed by atoms with van der Waals surface area (Å²) in [5.41, 5.74) is 2.11. The Balaban J connectivity index is 1.66. The maximum Gasteiger partial charge on any atom is 0.338 e. The number of hydrogen-bond acceptors (Lipinski definition) is 5. The Morgan fingerprint density at radius 1 is 1.00 bits per heavy atom. The predicted octanol–water partition coefficient (Wildman–Crippen LogP) is 3.02. The van der Waals surface area contributed by atoms with Crippen molar-refractivity contribution in [3.8, 4) is 0 Å². The molecule has 7 heteroatoms. The molecule has 0 spiro atoms. The molecule has 2 aromatic carbocycles. The summed E-state index contributed by atoms with van der Waals surface area (Å²) in [6, 6.07) is 14.4. The average molecular weight is 386 g/mol. The standard InChI is InChI=1S/C20H22N2O4S/c1-14-3-9-18(10-4-14)27-12-11-21-19(24)13-26-20(25)16-5-7-17(8-6-16)22-15(2)23/h3-10H,11-13H2,1-2H3,(H,21,24)(H,22,23). The van der Waals surface area contributed by atoms with Crippen molar-refractivity contribution < 1.29 is 19.1 Å². The third-order valence-corrected chi connectivity index (χ3v) is 4.50. The van der Waals surface area contributed by atoms with Crippen molar-refractivity contribution >= 4 is 35.2 Å². The van der Waals surface area contributed by atoms with Gasteiger partial charge in [0.05, 0.1) is 5.56 Å². The van der Waals surface area contributed by atoms with Crippen molar-refractivity contribution in [2.75, 3.05) is 24.2 Å². The molecule has 27 heavy (non-hydrogen) atoms. The number of carbonyl (C=O) groups excluding carboxylic acids is 3. The fourth-order valence-electron chi connectivity index (χ4n) is 2.15. The zero-order valence-corrected chi connectivity index (χ0v) is 16.1. The monoisotopic (exact) mass is 386 g/mol. The van der Waals surface area contributed by atoms with E-state index in [0.717, 1.165) is 10.6 Å². The van der Waals surface area contributed by atoms with Crippen LogP contribution in [0.25, 0.3) is 0 Å². The fraction of sp³-hybridized carbons (Fsp3) is 0.250. The summed E-state index contributed by atoms with van der Waals surface area (Å²) in [5.74, 6) is -0.397. The van der Waals surface area contributed by atoms with E-state index in [9.17, 15) is 14.4 Å². The number of hydrogen-bond donors (Lipinski definition) is 2. The first kappa shape index (κ1) is 20.5. The molecule has 0 saturated carbocycles. The van der Waals surface area contributed by atoms with Gasteiger partial charge in [-0.25, -0.2) is 4.79 Å². The molecule has 0 heterocycles. The SMILES string of the molecule is CC(=O)Nc1ccc(C(=O)OCC(=O)NCCSc2ccc(C)cc2)cc1. The van der Waals surface area contributed by atoms with E-state index in [0.29, 0.717) is 17.8 Å². The molecule has 0 saturated heterocycles. The minimum absolute atomic E-state index is 0.192. The van der Waals surface area contributed by atoms with Crippen LogP contribution in [0.3, 0.4) is 0 Å². The fourth-order valence-corrected chi connectivity index (χ4v) is 2.92. The van der Waals surface area contributed by atoms with Crippen LogP contribution in [0.4, 0.5) is 5.69 Å². The van der Waals surface area contributed by atoms with E-state index >= 15 is 0 Å². The van der Waals surface area contributed by atoms with Crippen molar-refractivity contribution in [2.45, 2.75) is 18.7 Å². The van der Waals surface area contributed by atoms with Crippen LogP contribution in [-0.4, -0.2) is 36.7 Å². The van der Waals surface area contributed by atoms with Crippen molar-refractivity contribution in [3.63, 3.8) is 0 Å². The Morgan fingerprint density at radius 3 is 2.30 bits per heavy atom. The minimum Gasteiger partial charge on any atom is -0.452 e. The topological polar surface area (TPSA) is 84.5 Å².